The van der Waals surface area contributed by atoms with Gasteiger partial charge in [-0.15, -0.1) is 0 Å². The number of carbonyl (C=O) groups is 1. The fraction of sp³-hybridized carbons (Fsp3) is 0.421. The summed E-state index contributed by atoms with van der Waals surface area (Å²) in [5, 5.41) is 5.54. The third kappa shape index (κ3) is 2.73. The second-order valence-electron chi connectivity index (χ2n) is 6.80. The summed E-state index contributed by atoms with van der Waals surface area (Å²) < 4.78 is 0. The molecule has 2 aliphatic rings. The molecule has 3 unspecified atom stereocenters. The minimum Gasteiger partial charge on any atom is -0.354 e. The smallest absolute Gasteiger partial charge is 0.223 e. The standard InChI is InChI=1S/C19H22N2O/c20-18(13-6-7-13)11-21-19(22)17-10-16(17)15-8-5-12-3-1-2-4-14(12)9-15/h1-5,8-9,13,16-18H,6-7,10-11,20H2,(H,21,22). The average Bonchev–Trinajstić information content (AvgIpc) is 3.43. The van der Waals surface area contributed by atoms with Crippen molar-refractivity contribution in [2.24, 2.45) is 17.6 Å². The third-order valence-electron chi connectivity index (χ3n) is 5.07. The predicted octanol–water partition coefficient (Wildman–Crippen LogP) is 2.80. The number of nitrogens with two attached hydrogens (primary N) is 1. The lowest BCUT2D eigenvalue weighted by Crippen LogP contribution is -2.39. The van der Waals surface area contributed by atoms with E-state index in [2.05, 4.69) is 47.8 Å². The quantitative estimate of drug-likeness (QED) is 0.891. The molecule has 0 aliphatic heterocycles. The zero-order chi connectivity index (χ0) is 15.1. The monoisotopic (exact) mass is 294 g/mol. The summed E-state index contributed by atoms with van der Waals surface area (Å²) >= 11 is 0. The summed E-state index contributed by atoms with van der Waals surface area (Å²) in [5.41, 5.74) is 7.32. The van der Waals surface area contributed by atoms with Crippen LogP contribution in [0.5, 0.6) is 0 Å². The van der Waals surface area contributed by atoms with Crippen LogP contribution < -0.4 is 11.1 Å². The highest BCUT2D eigenvalue weighted by molar-refractivity contribution is 5.85. The normalized spacial score (nSPS) is 25.0. The van der Waals surface area contributed by atoms with Crippen LogP contribution in [0.4, 0.5) is 0 Å². The van der Waals surface area contributed by atoms with E-state index in [4.69, 9.17) is 5.73 Å². The van der Waals surface area contributed by atoms with Gasteiger partial charge < -0.3 is 11.1 Å². The zero-order valence-electron chi connectivity index (χ0n) is 12.7. The molecule has 4 rings (SSSR count). The van der Waals surface area contributed by atoms with E-state index < -0.39 is 0 Å². The first-order chi connectivity index (χ1) is 10.7. The van der Waals surface area contributed by atoms with Gasteiger partial charge in [-0.05, 0) is 47.4 Å². The van der Waals surface area contributed by atoms with Gasteiger partial charge in [-0.1, -0.05) is 42.5 Å². The molecular formula is C19H22N2O. The Kier molecular flexibility index (Phi) is 3.38. The summed E-state index contributed by atoms with van der Waals surface area (Å²) in [5.74, 6) is 1.32. The van der Waals surface area contributed by atoms with Gasteiger partial charge in [0.25, 0.3) is 0 Å². The van der Waals surface area contributed by atoms with Crippen LogP contribution in [-0.4, -0.2) is 18.5 Å². The van der Waals surface area contributed by atoms with E-state index >= 15 is 0 Å². The lowest BCUT2D eigenvalue weighted by atomic mass is 10.0. The molecule has 3 nitrogen and oxygen atoms in total. The Morgan fingerprint density at radius 2 is 1.95 bits per heavy atom. The van der Waals surface area contributed by atoms with Gasteiger partial charge in [-0.3, -0.25) is 4.79 Å². The maximum absolute atomic E-state index is 12.2. The van der Waals surface area contributed by atoms with Crippen molar-refractivity contribution in [1.82, 2.24) is 5.32 Å². The molecule has 0 spiro atoms. The Hall–Kier alpha value is -1.87. The molecule has 0 aromatic heterocycles. The average molecular weight is 294 g/mol. The van der Waals surface area contributed by atoms with Crippen LogP contribution in [0.15, 0.2) is 42.5 Å². The highest BCUT2D eigenvalue weighted by Gasteiger charge is 2.44. The van der Waals surface area contributed by atoms with Crippen molar-refractivity contribution in [3.63, 3.8) is 0 Å². The minimum atomic E-state index is 0.132. The molecule has 3 N–H and O–H groups in total. The lowest BCUT2D eigenvalue weighted by molar-refractivity contribution is -0.122. The second kappa shape index (κ2) is 5.40. The molecule has 22 heavy (non-hydrogen) atoms. The largest absolute Gasteiger partial charge is 0.354 e. The molecule has 0 bridgehead atoms. The SMILES string of the molecule is NC(CNC(=O)C1CC1c1ccc2ccccc2c1)C1CC1. The van der Waals surface area contributed by atoms with E-state index in [1.807, 2.05) is 0 Å². The molecule has 2 saturated carbocycles. The molecule has 2 aliphatic carbocycles. The van der Waals surface area contributed by atoms with Crippen LogP contribution >= 0.6 is 0 Å². The molecule has 3 atom stereocenters. The van der Waals surface area contributed by atoms with Crippen LogP contribution in [-0.2, 0) is 4.79 Å². The molecule has 0 saturated heterocycles. The fourth-order valence-electron chi connectivity index (χ4n) is 3.33. The minimum absolute atomic E-state index is 0.132. The molecule has 1 amide bonds. The summed E-state index contributed by atoms with van der Waals surface area (Å²) in [4.78, 5) is 12.2. The number of nitrogens with one attached hydrogen (secondary N) is 1. The van der Waals surface area contributed by atoms with Crippen molar-refractivity contribution in [1.29, 1.82) is 0 Å². The fourth-order valence-corrected chi connectivity index (χ4v) is 3.33. The van der Waals surface area contributed by atoms with Crippen molar-refractivity contribution in [3.8, 4) is 0 Å². The Morgan fingerprint density at radius 1 is 1.18 bits per heavy atom. The molecule has 0 heterocycles. The van der Waals surface area contributed by atoms with E-state index in [1.165, 1.54) is 29.2 Å². The maximum Gasteiger partial charge on any atom is 0.223 e. The number of fused-ring (bicyclic) bond motifs is 1. The molecular weight excluding hydrogens is 272 g/mol. The number of amides is 1. The van der Waals surface area contributed by atoms with Gasteiger partial charge >= 0.3 is 0 Å². The van der Waals surface area contributed by atoms with Gasteiger partial charge in [0.05, 0.1) is 0 Å². The molecule has 2 aromatic carbocycles. The molecule has 0 radical (unpaired) electrons. The molecule has 2 fully saturated rings. The predicted molar refractivity (Wildman–Crippen MR) is 88.5 cm³/mol. The van der Waals surface area contributed by atoms with Gasteiger partial charge in [0, 0.05) is 18.5 Å². The van der Waals surface area contributed by atoms with Crippen molar-refractivity contribution >= 4 is 16.7 Å². The summed E-state index contributed by atoms with van der Waals surface area (Å²) in [6.45, 7) is 0.629. The van der Waals surface area contributed by atoms with Crippen LogP contribution in [0.25, 0.3) is 10.8 Å². The van der Waals surface area contributed by atoms with Gasteiger partial charge in [-0.25, -0.2) is 0 Å². The molecule has 114 valence electrons. The topological polar surface area (TPSA) is 55.1 Å². The van der Waals surface area contributed by atoms with E-state index in [1.54, 1.807) is 0 Å². The molecule has 2 aromatic rings. The van der Waals surface area contributed by atoms with Crippen LogP contribution in [0, 0.1) is 11.8 Å². The van der Waals surface area contributed by atoms with Crippen LogP contribution in [0.3, 0.4) is 0 Å². The van der Waals surface area contributed by atoms with E-state index in [0.717, 1.165) is 6.42 Å². The highest BCUT2D eigenvalue weighted by atomic mass is 16.2. The summed E-state index contributed by atoms with van der Waals surface area (Å²) in [7, 11) is 0. The second-order valence-corrected chi connectivity index (χ2v) is 6.80. The number of hydrogen-bond donors (Lipinski definition) is 2. The van der Waals surface area contributed by atoms with Gasteiger partial charge in [0.15, 0.2) is 0 Å². The lowest BCUT2D eigenvalue weighted by Gasteiger charge is -2.11. The first-order valence-corrected chi connectivity index (χ1v) is 8.24. The van der Waals surface area contributed by atoms with Crippen LogP contribution in [0.1, 0.15) is 30.7 Å². The van der Waals surface area contributed by atoms with Gasteiger partial charge in [0.1, 0.15) is 0 Å². The maximum atomic E-state index is 12.2. The first-order valence-electron chi connectivity index (χ1n) is 8.24. The first kappa shape index (κ1) is 13.8. The van der Waals surface area contributed by atoms with Gasteiger partial charge in [-0.2, -0.15) is 0 Å². The van der Waals surface area contributed by atoms with Crippen molar-refractivity contribution in [2.45, 2.75) is 31.2 Å². The van der Waals surface area contributed by atoms with Crippen LogP contribution in [0.2, 0.25) is 0 Å². The molecule has 3 heteroatoms. The van der Waals surface area contributed by atoms with Gasteiger partial charge in [0.2, 0.25) is 5.91 Å². The van der Waals surface area contributed by atoms with E-state index in [-0.39, 0.29) is 17.9 Å². The van der Waals surface area contributed by atoms with Crippen molar-refractivity contribution in [2.75, 3.05) is 6.54 Å². The Balaban J connectivity index is 1.38. The summed E-state index contributed by atoms with van der Waals surface area (Å²) in [6, 6.07) is 15.0. The zero-order valence-corrected chi connectivity index (χ0v) is 12.7. The Bertz CT molecular complexity index is 707. The third-order valence-corrected chi connectivity index (χ3v) is 5.07. The van der Waals surface area contributed by atoms with E-state index in [0.29, 0.717) is 18.4 Å². The Labute approximate surface area is 130 Å². The van der Waals surface area contributed by atoms with E-state index in [9.17, 15) is 4.79 Å². The van der Waals surface area contributed by atoms with Crippen molar-refractivity contribution in [3.05, 3.63) is 48.0 Å². The van der Waals surface area contributed by atoms with Crippen molar-refractivity contribution < 1.29 is 4.79 Å². The number of carbonyl (C=O) groups excluding carboxylic acids is 1. The Morgan fingerprint density at radius 3 is 2.73 bits per heavy atom. The summed E-state index contributed by atoms with van der Waals surface area (Å²) in [6.07, 6.45) is 3.41. The highest BCUT2D eigenvalue weighted by Crippen LogP contribution is 2.48. The number of hydrogen-bond acceptors (Lipinski definition) is 2. The number of benzene rings is 2. The number of rotatable bonds is 5.